The Balaban J connectivity index is 1.27. The molecular weight excluding hydrogens is 689 g/mol. The molecule has 0 amide bonds. The van der Waals surface area contributed by atoms with Crippen molar-refractivity contribution in [3.63, 3.8) is 0 Å². The van der Waals surface area contributed by atoms with Gasteiger partial charge in [0.15, 0.2) is 0 Å². The summed E-state index contributed by atoms with van der Waals surface area (Å²) in [5.41, 5.74) is 18.8. The Hall–Kier alpha value is -7.55. The van der Waals surface area contributed by atoms with Gasteiger partial charge >= 0.3 is 0 Å². The molecule has 268 valence electrons. The minimum Gasteiger partial charge on any atom is -0.353 e. The first-order chi connectivity index (χ1) is 28.3. The van der Waals surface area contributed by atoms with Crippen LogP contribution in [0.2, 0.25) is 0 Å². The monoisotopic (exact) mass is 726 g/mol. The van der Waals surface area contributed by atoms with E-state index in [9.17, 15) is 0 Å². The number of fused-ring (bicyclic) bond motifs is 1. The molecule has 0 saturated carbocycles. The third-order valence-electron chi connectivity index (χ3n) is 10.9. The summed E-state index contributed by atoms with van der Waals surface area (Å²) in [5, 5.41) is 1.10. The van der Waals surface area contributed by atoms with Gasteiger partial charge in [0.2, 0.25) is 0 Å². The standard InChI is InChI=1S/C55H38N2/c1-6-16-38(17-7-1)41-26-32-46(33-27-41)52-49(44-22-12-4-13-23-44)51-54(48-36-30-43(31-37-48)40-20-10-3-11-21-40)56-53(50(55(51)57-52)45-24-14-5-15-25-45)47-34-28-42(29-35-47)39-18-8-2-9-19-39/h1-37,57H. The van der Waals surface area contributed by atoms with Crippen LogP contribution in [-0.2, 0) is 0 Å². The van der Waals surface area contributed by atoms with Crippen LogP contribution in [0, 0.1) is 0 Å². The number of nitrogens with zero attached hydrogens (tertiary/aromatic N) is 1. The molecule has 0 fully saturated rings. The normalized spacial score (nSPS) is 11.2. The van der Waals surface area contributed by atoms with E-state index in [0.29, 0.717) is 0 Å². The lowest BCUT2D eigenvalue weighted by atomic mass is 9.90. The maximum atomic E-state index is 5.75. The largest absolute Gasteiger partial charge is 0.353 e. The van der Waals surface area contributed by atoms with Crippen LogP contribution >= 0.6 is 0 Å². The third-order valence-corrected chi connectivity index (χ3v) is 10.9. The molecule has 0 atom stereocenters. The van der Waals surface area contributed by atoms with E-state index in [-0.39, 0.29) is 0 Å². The summed E-state index contributed by atoms with van der Waals surface area (Å²) in [7, 11) is 0. The van der Waals surface area contributed by atoms with E-state index in [1.54, 1.807) is 0 Å². The molecule has 2 heteroatoms. The van der Waals surface area contributed by atoms with Gasteiger partial charge in [-0.1, -0.05) is 224 Å². The van der Waals surface area contributed by atoms with Gasteiger partial charge in [0.25, 0.3) is 0 Å². The maximum absolute atomic E-state index is 5.75. The number of benzene rings is 8. The molecule has 2 aromatic heterocycles. The summed E-state index contributed by atoms with van der Waals surface area (Å²) in [6, 6.07) is 79.8. The zero-order valence-electron chi connectivity index (χ0n) is 31.3. The highest BCUT2D eigenvalue weighted by Crippen LogP contribution is 2.48. The zero-order valence-corrected chi connectivity index (χ0v) is 31.3. The second kappa shape index (κ2) is 14.9. The molecule has 10 rings (SSSR count). The molecule has 8 aromatic carbocycles. The summed E-state index contributed by atoms with van der Waals surface area (Å²) < 4.78 is 0. The summed E-state index contributed by atoms with van der Waals surface area (Å²) in [6.07, 6.45) is 0. The predicted octanol–water partition coefficient (Wildman–Crippen LogP) is 14.9. The molecule has 0 aliphatic carbocycles. The Kier molecular flexibility index (Phi) is 8.91. The minimum absolute atomic E-state index is 0.933. The Morgan fingerprint density at radius 3 is 0.947 bits per heavy atom. The molecule has 10 aromatic rings. The van der Waals surface area contributed by atoms with Crippen molar-refractivity contribution in [3.05, 3.63) is 224 Å². The number of nitrogens with one attached hydrogen (secondary N) is 1. The Morgan fingerprint density at radius 2 is 0.544 bits per heavy atom. The molecule has 0 radical (unpaired) electrons. The second-order valence-electron chi connectivity index (χ2n) is 14.4. The van der Waals surface area contributed by atoms with Gasteiger partial charge in [0.05, 0.1) is 22.6 Å². The number of aromatic amines is 1. The highest BCUT2D eigenvalue weighted by molar-refractivity contribution is 6.16. The molecule has 2 heterocycles. The van der Waals surface area contributed by atoms with Crippen LogP contribution in [0.3, 0.4) is 0 Å². The lowest BCUT2D eigenvalue weighted by Gasteiger charge is -2.16. The molecule has 0 unspecified atom stereocenters. The van der Waals surface area contributed by atoms with Crippen molar-refractivity contribution >= 4 is 10.9 Å². The summed E-state index contributed by atoms with van der Waals surface area (Å²) in [6.45, 7) is 0. The zero-order chi connectivity index (χ0) is 38.0. The van der Waals surface area contributed by atoms with E-state index in [4.69, 9.17) is 4.98 Å². The number of aromatic nitrogens is 2. The first-order valence-corrected chi connectivity index (χ1v) is 19.5. The Labute approximate surface area is 333 Å². The Bertz CT molecular complexity index is 2920. The third kappa shape index (κ3) is 6.54. The van der Waals surface area contributed by atoms with Crippen LogP contribution in [0.1, 0.15) is 0 Å². The van der Waals surface area contributed by atoms with Crippen molar-refractivity contribution in [2.75, 3.05) is 0 Å². The van der Waals surface area contributed by atoms with E-state index in [2.05, 4.69) is 229 Å². The Morgan fingerprint density at radius 1 is 0.246 bits per heavy atom. The molecule has 0 saturated heterocycles. The van der Waals surface area contributed by atoms with Crippen LogP contribution in [0.4, 0.5) is 0 Å². The van der Waals surface area contributed by atoms with Crippen molar-refractivity contribution in [3.8, 4) is 89.4 Å². The molecule has 0 aliphatic rings. The molecule has 0 bridgehead atoms. The van der Waals surface area contributed by atoms with Gasteiger partial charge in [-0.25, -0.2) is 4.98 Å². The molecule has 1 N–H and O–H groups in total. The SMILES string of the molecule is c1ccc(-c2ccc(-c3nc(-c4ccc(-c5ccccc5)cc4)c4c(-c5ccccc5)c(-c5ccc(-c6ccccc6)cc5)[nH]c4c3-c3ccccc3)cc2)cc1. The van der Waals surface area contributed by atoms with Crippen molar-refractivity contribution in [1.82, 2.24) is 9.97 Å². The molecule has 0 aliphatic heterocycles. The molecule has 0 spiro atoms. The average molecular weight is 727 g/mol. The van der Waals surface area contributed by atoms with Crippen molar-refractivity contribution in [1.29, 1.82) is 0 Å². The van der Waals surface area contributed by atoms with Crippen LogP contribution in [0.5, 0.6) is 0 Å². The maximum Gasteiger partial charge on any atom is 0.0810 e. The van der Waals surface area contributed by atoms with E-state index >= 15 is 0 Å². The van der Waals surface area contributed by atoms with E-state index < -0.39 is 0 Å². The van der Waals surface area contributed by atoms with Crippen molar-refractivity contribution < 1.29 is 0 Å². The topological polar surface area (TPSA) is 28.7 Å². The van der Waals surface area contributed by atoms with Gasteiger partial charge in [-0.15, -0.1) is 0 Å². The summed E-state index contributed by atoms with van der Waals surface area (Å²) in [5.74, 6) is 0. The van der Waals surface area contributed by atoms with E-state index in [1.165, 1.54) is 33.4 Å². The van der Waals surface area contributed by atoms with Gasteiger partial charge in [0, 0.05) is 27.6 Å². The summed E-state index contributed by atoms with van der Waals surface area (Å²) >= 11 is 0. The minimum atomic E-state index is 0.933. The average Bonchev–Trinajstić information content (AvgIpc) is 3.71. The first-order valence-electron chi connectivity index (χ1n) is 19.5. The fourth-order valence-electron chi connectivity index (χ4n) is 8.04. The van der Waals surface area contributed by atoms with Crippen LogP contribution in [0.15, 0.2) is 224 Å². The van der Waals surface area contributed by atoms with Crippen LogP contribution in [0.25, 0.3) is 100 Å². The van der Waals surface area contributed by atoms with Gasteiger partial charge in [0.1, 0.15) is 0 Å². The second-order valence-corrected chi connectivity index (χ2v) is 14.4. The van der Waals surface area contributed by atoms with Gasteiger partial charge in [-0.2, -0.15) is 0 Å². The number of hydrogen-bond donors (Lipinski definition) is 1. The molecule has 2 nitrogen and oxygen atoms in total. The van der Waals surface area contributed by atoms with Gasteiger partial charge in [-0.05, 0) is 50.1 Å². The highest BCUT2D eigenvalue weighted by atomic mass is 14.8. The van der Waals surface area contributed by atoms with E-state index in [1.807, 2.05) is 0 Å². The van der Waals surface area contributed by atoms with Crippen LogP contribution < -0.4 is 0 Å². The summed E-state index contributed by atoms with van der Waals surface area (Å²) in [4.78, 5) is 9.81. The van der Waals surface area contributed by atoms with E-state index in [0.717, 1.165) is 66.9 Å². The lowest BCUT2D eigenvalue weighted by molar-refractivity contribution is 1.34. The molecular formula is C55H38N2. The lowest BCUT2D eigenvalue weighted by Crippen LogP contribution is -1.96. The number of rotatable bonds is 8. The van der Waals surface area contributed by atoms with Crippen LogP contribution in [-0.4, -0.2) is 9.97 Å². The number of hydrogen-bond acceptors (Lipinski definition) is 1. The fourth-order valence-corrected chi connectivity index (χ4v) is 8.04. The predicted molar refractivity (Wildman–Crippen MR) is 240 cm³/mol. The smallest absolute Gasteiger partial charge is 0.0810 e. The first kappa shape index (κ1) is 34.0. The number of H-pyrrole nitrogens is 1. The molecule has 57 heavy (non-hydrogen) atoms. The number of pyridine rings is 1. The van der Waals surface area contributed by atoms with Gasteiger partial charge in [-0.3, -0.25) is 0 Å². The fraction of sp³-hybridized carbons (Fsp3) is 0. The quantitative estimate of drug-likeness (QED) is 0.166. The highest BCUT2D eigenvalue weighted by Gasteiger charge is 2.26. The van der Waals surface area contributed by atoms with Gasteiger partial charge < -0.3 is 4.98 Å². The van der Waals surface area contributed by atoms with Crippen molar-refractivity contribution in [2.24, 2.45) is 0 Å². The van der Waals surface area contributed by atoms with Crippen molar-refractivity contribution in [2.45, 2.75) is 0 Å².